The van der Waals surface area contributed by atoms with Crippen LogP contribution in [0.4, 0.5) is 11.4 Å². The van der Waals surface area contributed by atoms with Gasteiger partial charge in [-0.05, 0) is 25.8 Å². The highest BCUT2D eigenvalue weighted by Gasteiger charge is 2.24. The topological polar surface area (TPSA) is 60.0 Å². The number of nitrogens with one attached hydrogen (secondary N) is 1. The molecular formula is C25H34N2O4. The molecule has 1 aliphatic rings. The van der Waals surface area contributed by atoms with Gasteiger partial charge >= 0.3 is 0 Å². The fourth-order valence-electron chi connectivity index (χ4n) is 3.89. The Balaban J connectivity index is 1.92. The van der Waals surface area contributed by atoms with Gasteiger partial charge in [0.15, 0.2) is 0 Å². The summed E-state index contributed by atoms with van der Waals surface area (Å²) < 4.78 is 17.4. The minimum Gasteiger partial charge on any atom is -0.492 e. The van der Waals surface area contributed by atoms with Crippen LogP contribution in [0, 0.1) is 0 Å². The fraction of sp³-hybridized carbons (Fsp3) is 0.480. The van der Waals surface area contributed by atoms with Crippen LogP contribution >= 0.6 is 0 Å². The predicted octanol–water partition coefficient (Wildman–Crippen LogP) is 4.84. The van der Waals surface area contributed by atoms with Crippen LogP contribution in [-0.2, 0) is 9.53 Å². The minimum atomic E-state index is -0.213. The first-order valence-corrected chi connectivity index (χ1v) is 11.3. The number of benzene rings is 2. The van der Waals surface area contributed by atoms with E-state index in [1.807, 2.05) is 56.3 Å². The summed E-state index contributed by atoms with van der Waals surface area (Å²) in [7, 11) is 0. The molecule has 2 aromatic carbocycles. The Labute approximate surface area is 185 Å². The van der Waals surface area contributed by atoms with Crippen molar-refractivity contribution in [2.75, 3.05) is 49.7 Å². The Morgan fingerprint density at radius 1 is 1.03 bits per heavy atom. The Kier molecular flexibility index (Phi) is 8.59. The van der Waals surface area contributed by atoms with Crippen molar-refractivity contribution in [2.24, 2.45) is 0 Å². The molecule has 0 saturated carbocycles. The van der Waals surface area contributed by atoms with Gasteiger partial charge in [0.25, 0.3) is 0 Å². The van der Waals surface area contributed by atoms with E-state index in [-0.39, 0.29) is 11.8 Å². The molecule has 31 heavy (non-hydrogen) atoms. The molecule has 0 bridgehead atoms. The monoisotopic (exact) mass is 426 g/mol. The summed E-state index contributed by atoms with van der Waals surface area (Å²) in [6, 6.07) is 13.8. The third-order valence-corrected chi connectivity index (χ3v) is 5.37. The lowest BCUT2D eigenvalue weighted by Gasteiger charge is -2.31. The first kappa shape index (κ1) is 22.9. The van der Waals surface area contributed by atoms with Crippen molar-refractivity contribution in [1.82, 2.24) is 0 Å². The molecule has 168 valence electrons. The van der Waals surface area contributed by atoms with Gasteiger partial charge in [0.2, 0.25) is 5.91 Å². The number of carbonyl (C=O) groups excluding carboxylic acids is 1. The summed E-state index contributed by atoms with van der Waals surface area (Å²) in [5, 5.41) is 3.12. The van der Waals surface area contributed by atoms with Crippen molar-refractivity contribution in [1.29, 1.82) is 0 Å². The van der Waals surface area contributed by atoms with Gasteiger partial charge in [-0.25, -0.2) is 0 Å². The Bertz CT molecular complexity index is 835. The largest absolute Gasteiger partial charge is 0.492 e. The summed E-state index contributed by atoms with van der Waals surface area (Å²) in [4.78, 5) is 15.5. The second-order valence-corrected chi connectivity index (χ2v) is 7.52. The quantitative estimate of drug-likeness (QED) is 0.589. The smallest absolute Gasteiger partial charge is 0.232 e. The molecule has 1 unspecified atom stereocenters. The standard InChI is InChI=1S/C25H34N2O4/c1-4-10-20(19-11-8-7-9-12-19)25(28)26-21-17-24(31-6-3)22(18-23(21)30-5-2)27-13-15-29-16-14-27/h7-9,11-12,17-18,20H,4-6,10,13-16H2,1-3H3,(H,26,28). The summed E-state index contributed by atoms with van der Waals surface area (Å²) in [6.45, 7) is 10.0. The third kappa shape index (κ3) is 5.91. The van der Waals surface area contributed by atoms with Crippen LogP contribution in [-0.4, -0.2) is 45.4 Å². The van der Waals surface area contributed by atoms with E-state index in [2.05, 4.69) is 17.1 Å². The predicted molar refractivity (Wildman–Crippen MR) is 125 cm³/mol. The second-order valence-electron chi connectivity index (χ2n) is 7.52. The number of nitrogens with zero attached hydrogens (tertiary/aromatic N) is 1. The first-order chi connectivity index (χ1) is 15.2. The van der Waals surface area contributed by atoms with Crippen molar-refractivity contribution >= 4 is 17.3 Å². The molecule has 1 aliphatic heterocycles. The zero-order valence-corrected chi connectivity index (χ0v) is 18.9. The number of hydrogen-bond donors (Lipinski definition) is 1. The number of carbonyl (C=O) groups is 1. The molecule has 1 atom stereocenters. The molecular weight excluding hydrogens is 392 g/mol. The summed E-state index contributed by atoms with van der Waals surface area (Å²) in [5.41, 5.74) is 2.64. The van der Waals surface area contributed by atoms with E-state index in [4.69, 9.17) is 14.2 Å². The summed E-state index contributed by atoms with van der Waals surface area (Å²) in [6.07, 6.45) is 1.70. The highest BCUT2D eigenvalue weighted by atomic mass is 16.5. The molecule has 6 heteroatoms. The lowest BCUT2D eigenvalue weighted by atomic mass is 9.93. The average molecular weight is 427 g/mol. The number of ether oxygens (including phenoxy) is 3. The van der Waals surface area contributed by atoms with Crippen LogP contribution in [0.5, 0.6) is 11.5 Å². The van der Waals surface area contributed by atoms with Crippen molar-refractivity contribution in [2.45, 2.75) is 39.5 Å². The molecule has 1 fully saturated rings. The maximum absolute atomic E-state index is 13.3. The van der Waals surface area contributed by atoms with Crippen molar-refractivity contribution in [3.05, 3.63) is 48.0 Å². The van der Waals surface area contributed by atoms with E-state index < -0.39 is 0 Å². The molecule has 1 heterocycles. The molecule has 0 aromatic heterocycles. The molecule has 0 radical (unpaired) electrons. The highest BCUT2D eigenvalue weighted by Crippen LogP contribution is 2.40. The van der Waals surface area contributed by atoms with E-state index in [9.17, 15) is 4.79 Å². The van der Waals surface area contributed by atoms with Gasteiger partial charge in [0.1, 0.15) is 11.5 Å². The van der Waals surface area contributed by atoms with Gasteiger partial charge in [-0.2, -0.15) is 0 Å². The van der Waals surface area contributed by atoms with E-state index >= 15 is 0 Å². The first-order valence-electron chi connectivity index (χ1n) is 11.3. The zero-order chi connectivity index (χ0) is 22.1. The highest BCUT2D eigenvalue weighted by molar-refractivity contribution is 5.97. The normalized spacial score (nSPS) is 14.7. The van der Waals surface area contributed by atoms with Gasteiger partial charge in [0.05, 0.1) is 43.7 Å². The number of anilines is 2. The number of rotatable bonds is 10. The molecule has 0 spiro atoms. The third-order valence-electron chi connectivity index (χ3n) is 5.37. The van der Waals surface area contributed by atoms with Gasteiger partial charge in [-0.15, -0.1) is 0 Å². The van der Waals surface area contributed by atoms with E-state index in [0.29, 0.717) is 37.9 Å². The summed E-state index contributed by atoms with van der Waals surface area (Å²) in [5.74, 6) is 1.16. The van der Waals surface area contributed by atoms with Crippen LogP contribution in [0.3, 0.4) is 0 Å². The van der Waals surface area contributed by atoms with Gasteiger partial charge in [-0.1, -0.05) is 43.7 Å². The molecule has 0 aliphatic carbocycles. The molecule has 1 N–H and O–H groups in total. The van der Waals surface area contributed by atoms with Gasteiger partial charge in [0, 0.05) is 25.2 Å². The molecule has 1 saturated heterocycles. The van der Waals surface area contributed by atoms with Crippen LogP contribution in [0.2, 0.25) is 0 Å². The van der Waals surface area contributed by atoms with Crippen molar-refractivity contribution in [3.63, 3.8) is 0 Å². The number of hydrogen-bond acceptors (Lipinski definition) is 5. The van der Waals surface area contributed by atoms with Crippen molar-refractivity contribution in [3.8, 4) is 11.5 Å². The number of morpholine rings is 1. The van der Waals surface area contributed by atoms with E-state index in [0.717, 1.165) is 42.9 Å². The Hall–Kier alpha value is -2.73. The average Bonchev–Trinajstić information content (AvgIpc) is 2.80. The van der Waals surface area contributed by atoms with Crippen LogP contribution in [0.1, 0.15) is 45.1 Å². The van der Waals surface area contributed by atoms with Gasteiger partial charge < -0.3 is 24.4 Å². The van der Waals surface area contributed by atoms with E-state index in [1.165, 1.54) is 0 Å². The SMILES string of the molecule is CCCC(C(=O)Nc1cc(OCC)c(N2CCOCC2)cc1OCC)c1ccccc1. The summed E-state index contributed by atoms with van der Waals surface area (Å²) >= 11 is 0. The number of amides is 1. The lowest BCUT2D eigenvalue weighted by Crippen LogP contribution is -2.36. The minimum absolute atomic E-state index is 0.0319. The fourth-order valence-corrected chi connectivity index (χ4v) is 3.89. The van der Waals surface area contributed by atoms with E-state index in [1.54, 1.807) is 0 Å². The molecule has 6 nitrogen and oxygen atoms in total. The zero-order valence-electron chi connectivity index (χ0n) is 18.9. The Morgan fingerprint density at radius 2 is 1.71 bits per heavy atom. The lowest BCUT2D eigenvalue weighted by molar-refractivity contribution is -0.117. The maximum Gasteiger partial charge on any atom is 0.232 e. The molecule has 1 amide bonds. The van der Waals surface area contributed by atoms with Crippen LogP contribution in [0.25, 0.3) is 0 Å². The molecule has 2 aromatic rings. The van der Waals surface area contributed by atoms with Gasteiger partial charge in [-0.3, -0.25) is 4.79 Å². The van der Waals surface area contributed by atoms with Crippen molar-refractivity contribution < 1.29 is 19.0 Å². The maximum atomic E-state index is 13.3. The second kappa shape index (κ2) is 11.6. The van der Waals surface area contributed by atoms with Crippen LogP contribution < -0.4 is 19.7 Å². The Morgan fingerprint density at radius 3 is 2.35 bits per heavy atom. The van der Waals surface area contributed by atoms with Crippen LogP contribution in [0.15, 0.2) is 42.5 Å². The molecule has 3 rings (SSSR count).